The Balaban J connectivity index is 2.40. The molecule has 90 valence electrons. The maximum Gasteiger partial charge on any atom is 0.453 e. The van der Waals surface area contributed by atoms with Gasteiger partial charge in [-0.2, -0.15) is 13.2 Å². The fourth-order valence-electron chi connectivity index (χ4n) is 1.79. The predicted molar refractivity (Wildman–Crippen MR) is 59.8 cm³/mol. The van der Waals surface area contributed by atoms with E-state index < -0.39 is 12.0 Å². The van der Waals surface area contributed by atoms with Crippen molar-refractivity contribution in [3.63, 3.8) is 0 Å². The summed E-state index contributed by atoms with van der Waals surface area (Å²) in [6.07, 6.45) is -4.59. The van der Waals surface area contributed by atoms with E-state index in [0.717, 1.165) is 5.39 Å². The van der Waals surface area contributed by atoms with E-state index in [9.17, 15) is 13.2 Å². The highest BCUT2D eigenvalue weighted by Crippen LogP contribution is 2.28. The van der Waals surface area contributed by atoms with Crippen molar-refractivity contribution in [3.8, 4) is 0 Å². The van der Waals surface area contributed by atoms with Gasteiger partial charge >= 0.3 is 6.18 Å². The van der Waals surface area contributed by atoms with Crippen LogP contribution in [-0.2, 0) is 6.18 Å². The molecule has 0 atom stereocenters. The first-order chi connectivity index (χ1) is 8.55. The van der Waals surface area contributed by atoms with Crippen molar-refractivity contribution in [3.05, 3.63) is 42.2 Å². The van der Waals surface area contributed by atoms with Gasteiger partial charge in [0.1, 0.15) is 11.0 Å². The van der Waals surface area contributed by atoms with Crippen LogP contribution in [0.4, 0.5) is 13.2 Å². The van der Waals surface area contributed by atoms with E-state index in [2.05, 4.69) is 15.2 Å². The molecule has 0 aliphatic carbocycles. The fourth-order valence-corrected chi connectivity index (χ4v) is 1.79. The summed E-state index contributed by atoms with van der Waals surface area (Å²) in [4.78, 5) is 3.58. The lowest BCUT2D eigenvalue weighted by atomic mass is 10.1. The second-order valence-corrected chi connectivity index (χ2v) is 3.79. The molecule has 1 aromatic heterocycles. The van der Waals surface area contributed by atoms with Crippen molar-refractivity contribution in [1.82, 2.24) is 15.2 Å². The monoisotopic (exact) mass is 249 g/mol. The van der Waals surface area contributed by atoms with Gasteiger partial charge in [-0.05, 0) is 11.5 Å². The Morgan fingerprint density at radius 2 is 1.67 bits per heavy atom. The molecular formula is C12H6F3N3. The molecule has 3 aromatic rings. The van der Waals surface area contributed by atoms with Crippen molar-refractivity contribution in [2.24, 2.45) is 0 Å². The molecule has 3 nitrogen and oxygen atoms in total. The van der Waals surface area contributed by atoms with Crippen LogP contribution in [0.3, 0.4) is 0 Å². The second-order valence-electron chi connectivity index (χ2n) is 3.79. The number of nitrogens with zero attached hydrogens (tertiary/aromatic N) is 3. The zero-order chi connectivity index (χ0) is 12.8. The fraction of sp³-hybridized carbons (Fsp3) is 0.0833. The summed E-state index contributed by atoms with van der Waals surface area (Å²) in [5.74, 6) is -1.22. The Hall–Kier alpha value is -2.24. The quantitative estimate of drug-likeness (QED) is 0.574. The Labute approximate surface area is 99.3 Å². The molecule has 6 heteroatoms. The Kier molecular flexibility index (Phi) is 2.19. The van der Waals surface area contributed by atoms with Crippen LogP contribution >= 0.6 is 0 Å². The third-order valence-corrected chi connectivity index (χ3v) is 2.60. The molecule has 0 bridgehead atoms. The number of halogens is 3. The number of aromatic nitrogens is 3. The van der Waals surface area contributed by atoms with Crippen LogP contribution in [0, 0.1) is 0 Å². The van der Waals surface area contributed by atoms with Gasteiger partial charge in [-0.25, -0.2) is 4.98 Å². The summed E-state index contributed by atoms with van der Waals surface area (Å²) in [6, 6.07) is 10.5. The summed E-state index contributed by atoms with van der Waals surface area (Å²) < 4.78 is 37.7. The van der Waals surface area contributed by atoms with Gasteiger partial charge in [-0.15, -0.1) is 10.2 Å². The average molecular weight is 249 g/mol. The molecule has 3 rings (SSSR count). The Bertz CT molecular complexity index is 737. The first-order valence-electron chi connectivity index (χ1n) is 5.15. The number of alkyl halides is 3. The Morgan fingerprint density at radius 3 is 2.44 bits per heavy atom. The predicted octanol–water partition coefficient (Wildman–Crippen LogP) is 3.20. The minimum atomic E-state index is -4.59. The normalized spacial score (nSPS) is 12.2. The third kappa shape index (κ3) is 1.66. The number of hydrogen-bond acceptors (Lipinski definition) is 3. The van der Waals surface area contributed by atoms with E-state index >= 15 is 0 Å². The van der Waals surface area contributed by atoms with Crippen LogP contribution in [0.1, 0.15) is 5.82 Å². The highest BCUT2D eigenvalue weighted by Gasteiger charge is 2.35. The molecule has 0 saturated heterocycles. The van der Waals surface area contributed by atoms with Crippen molar-refractivity contribution in [1.29, 1.82) is 0 Å². The molecular weight excluding hydrogens is 243 g/mol. The van der Waals surface area contributed by atoms with Gasteiger partial charge in [-0.1, -0.05) is 30.3 Å². The van der Waals surface area contributed by atoms with Gasteiger partial charge < -0.3 is 0 Å². The zero-order valence-electron chi connectivity index (χ0n) is 8.94. The van der Waals surface area contributed by atoms with Gasteiger partial charge in [-0.3, -0.25) is 0 Å². The van der Waals surface area contributed by atoms with Gasteiger partial charge in [0.15, 0.2) is 0 Å². The number of fused-ring (bicyclic) bond motifs is 3. The van der Waals surface area contributed by atoms with Crippen molar-refractivity contribution < 1.29 is 13.2 Å². The van der Waals surface area contributed by atoms with Gasteiger partial charge in [0.05, 0.1) is 0 Å². The van der Waals surface area contributed by atoms with Crippen LogP contribution in [0.5, 0.6) is 0 Å². The summed E-state index contributed by atoms with van der Waals surface area (Å²) >= 11 is 0. The molecule has 18 heavy (non-hydrogen) atoms. The second kappa shape index (κ2) is 3.63. The van der Waals surface area contributed by atoms with Crippen molar-refractivity contribution in [2.45, 2.75) is 6.18 Å². The summed E-state index contributed by atoms with van der Waals surface area (Å²) in [5.41, 5.74) is 0.567. The molecule has 0 amide bonds. The van der Waals surface area contributed by atoms with Crippen LogP contribution < -0.4 is 0 Å². The van der Waals surface area contributed by atoms with Crippen LogP contribution in [0.2, 0.25) is 0 Å². The zero-order valence-corrected chi connectivity index (χ0v) is 8.94. The molecule has 1 heterocycles. The Morgan fingerprint density at radius 1 is 0.889 bits per heavy atom. The van der Waals surface area contributed by atoms with Crippen LogP contribution in [0.25, 0.3) is 21.8 Å². The minimum absolute atomic E-state index is 0.218. The highest BCUT2D eigenvalue weighted by molar-refractivity contribution is 6.03. The number of rotatable bonds is 0. The first-order valence-corrected chi connectivity index (χ1v) is 5.15. The van der Waals surface area contributed by atoms with Crippen LogP contribution in [-0.4, -0.2) is 15.2 Å². The molecule has 0 aliphatic heterocycles. The van der Waals surface area contributed by atoms with E-state index in [-0.39, 0.29) is 5.52 Å². The highest BCUT2D eigenvalue weighted by atomic mass is 19.4. The van der Waals surface area contributed by atoms with Gasteiger partial charge in [0.25, 0.3) is 5.82 Å². The van der Waals surface area contributed by atoms with Crippen molar-refractivity contribution in [2.75, 3.05) is 0 Å². The van der Waals surface area contributed by atoms with Gasteiger partial charge in [0, 0.05) is 5.39 Å². The SMILES string of the molecule is FC(F)(F)c1nnc2ccc3ccccc3c2n1. The van der Waals surface area contributed by atoms with E-state index in [0.29, 0.717) is 10.9 Å². The number of benzene rings is 2. The maximum atomic E-state index is 12.6. The topological polar surface area (TPSA) is 38.7 Å². The summed E-state index contributed by atoms with van der Waals surface area (Å²) in [6.45, 7) is 0. The van der Waals surface area contributed by atoms with Crippen LogP contribution in [0.15, 0.2) is 36.4 Å². The lowest BCUT2D eigenvalue weighted by Crippen LogP contribution is -2.12. The lowest BCUT2D eigenvalue weighted by molar-refractivity contribution is -0.145. The first kappa shape index (κ1) is 10.9. The minimum Gasteiger partial charge on any atom is -0.220 e. The molecule has 0 fully saturated rings. The molecule has 0 aliphatic rings. The van der Waals surface area contributed by atoms with E-state index in [1.165, 1.54) is 0 Å². The molecule has 2 aromatic carbocycles. The molecule has 0 N–H and O–H groups in total. The molecule has 0 unspecified atom stereocenters. The standard InChI is InChI=1S/C12H6F3N3/c13-12(14,15)11-16-10-8-4-2-1-3-7(8)5-6-9(10)17-18-11/h1-6H. The van der Waals surface area contributed by atoms with Crippen molar-refractivity contribution >= 4 is 21.8 Å². The van der Waals surface area contributed by atoms with E-state index in [1.54, 1.807) is 24.3 Å². The maximum absolute atomic E-state index is 12.6. The third-order valence-electron chi connectivity index (χ3n) is 2.60. The lowest BCUT2D eigenvalue weighted by Gasteiger charge is -2.06. The largest absolute Gasteiger partial charge is 0.453 e. The van der Waals surface area contributed by atoms with E-state index in [4.69, 9.17) is 0 Å². The van der Waals surface area contributed by atoms with Gasteiger partial charge in [0.2, 0.25) is 0 Å². The summed E-state index contributed by atoms with van der Waals surface area (Å²) in [5, 5.41) is 8.12. The molecule has 0 saturated carbocycles. The smallest absolute Gasteiger partial charge is 0.220 e. The average Bonchev–Trinajstić information content (AvgIpc) is 2.37. The molecule has 0 spiro atoms. The van der Waals surface area contributed by atoms with E-state index in [1.807, 2.05) is 12.1 Å². The summed E-state index contributed by atoms with van der Waals surface area (Å²) in [7, 11) is 0. The molecule has 0 radical (unpaired) electrons. The number of hydrogen-bond donors (Lipinski definition) is 0.